The number of thiazole rings is 1. The first-order valence-electron chi connectivity index (χ1n) is 8.36. The Balaban J connectivity index is 1.62. The Kier molecular flexibility index (Phi) is 5.78. The Hall–Kier alpha value is -2.25. The minimum atomic E-state index is -0.00896. The van der Waals surface area contributed by atoms with E-state index in [1.54, 1.807) is 0 Å². The second kappa shape index (κ2) is 8.22. The lowest BCUT2D eigenvalue weighted by atomic mass is 10.1. The fourth-order valence-electron chi connectivity index (χ4n) is 2.55. The third-order valence-electron chi connectivity index (χ3n) is 4.00. The van der Waals surface area contributed by atoms with Crippen molar-refractivity contribution in [2.75, 3.05) is 31.6 Å². The SMILES string of the molecule is CCC(=O)Nc1ccc(-c2csc(CC(=O)N3CCOCC3)n2)cc1. The number of amides is 2. The molecule has 0 saturated carbocycles. The number of benzene rings is 1. The molecule has 0 unspecified atom stereocenters. The Labute approximate surface area is 150 Å². The van der Waals surface area contributed by atoms with Crippen LogP contribution in [0.4, 0.5) is 5.69 Å². The highest BCUT2D eigenvalue weighted by molar-refractivity contribution is 7.10. The normalized spacial score (nSPS) is 14.4. The van der Waals surface area contributed by atoms with E-state index in [0.29, 0.717) is 39.1 Å². The van der Waals surface area contributed by atoms with Crippen LogP contribution in [0.15, 0.2) is 29.6 Å². The van der Waals surface area contributed by atoms with Crippen LogP contribution in [0, 0.1) is 0 Å². The van der Waals surface area contributed by atoms with Gasteiger partial charge in [-0.05, 0) is 12.1 Å². The molecule has 0 aliphatic carbocycles. The van der Waals surface area contributed by atoms with E-state index in [4.69, 9.17) is 4.74 Å². The van der Waals surface area contributed by atoms with Crippen LogP contribution in [0.3, 0.4) is 0 Å². The number of carbonyl (C=O) groups is 2. The molecule has 2 aromatic rings. The van der Waals surface area contributed by atoms with Gasteiger partial charge in [0.05, 0.1) is 25.3 Å². The van der Waals surface area contributed by atoms with Crippen LogP contribution in [0.25, 0.3) is 11.3 Å². The second-order valence-corrected chi connectivity index (χ2v) is 6.72. The first-order chi connectivity index (χ1) is 12.2. The molecule has 1 aromatic carbocycles. The number of carbonyl (C=O) groups excluding carboxylic acids is 2. The zero-order valence-corrected chi connectivity index (χ0v) is 15.0. The van der Waals surface area contributed by atoms with Crippen molar-refractivity contribution in [2.24, 2.45) is 0 Å². The van der Waals surface area contributed by atoms with E-state index in [-0.39, 0.29) is 11.8 Å². The molecule has 132 valence electrons. The van der Waals surface area contributed by atoms with E-state index in [0.717, 1.165) is 22.0 Å². The fourth-order valence-corrected chi connectivity index (χ4v) is 3.35. The number of anilines is 1. The van der Waals surface area contributed by atoms with E-state index >= 15 is 0 Å². The van der Waals surface area contributed by atoms with E-state index < -0.39 is 0 Å². The standard InChI is InChI=1S/C18H21N3O3S/c1-2-16(22)19-14-5-3-13(4-6-14)15-12-25-17(20-15)11-18(23)21-7-9-24-10-8-21/h3-6,12H,2,7-11H2,1H3,(H,19,22). The zero-order valence-electron chi connectivity index (χ0n) is 14.2. The molecule has 7 heteroatoms. The maximum absolute atomic E-state index is 12.3. The molecule has 3 rings (SSSR count). The van der Waals surface area contributed by atoms with Gasteiger partial charge in [0.1, 0.15) is 5.01 Å². The van der Waals surface area contributed by atoms with Gasteiger partial charge < -0.3 is 15.0 Å². The summed E-state index contributed by atoms with van der Waals surface area (Å²) in [5.41, 5.74) is 2.59. The summed E-state index contributed by atoms with van der Waals surface area (Å²) in [6.45, 7) is 4.34. The van der Waals surface area contributed by atoms with Gasteiger partial charge >= 0.3 is 0 Å². The van der Waals surface area contributed by atoms with Crippen LogP contribution < -0.4 is 5.32 Å². The predicted molar refractivity (Wildman–Crippen MR) is 97.6 cm³/mol. The first kappa shape index (κ1) is 17.6. The number of morpholine rings is 1. The monoisotopic (exact) mass is 359 g/mol. The van der Waals surface area contributed by atoms with Crippen molar-refractivity contribution in [2.45, 2.75) is 19.8 Å². The maximum atomic E-state index is 12.3. The van der Waals surface area contributed by atoms with Gasteiger partial charge in [-0.1, -0.05) is 19.1 Å². The van der Waals surface area contributed by atoms with Gasteiger partial charge in [-0.3, -0.25) is 9.59 Å². The van der Waals surface area contributed by atoms with Crippen molar-refractivity contribution in [1.82, 2.24) is 9.88 Å². The quantitative estimate of drug-likeness (QED) is 0.891. The Morgan fingerprint density at radius 1 is 1.24 bits per heavy atom. The van der Waals surface area contributed by atoms with Gasteiger partial charge in [-0.15, -0.1) is 11.3 Å². The van der Waals surface area contributed by atoms with Crippen LogP contribution >= 0.6 is 11.3 Å². The molecular weight excluding hydrogens is 338 g/mol. The zero-order chi connectivity index (χ0) is 17.6. The van der Waals surface area contributed by atoms with Crippen LogP contribution in [0.5, 0.6) is 0 Å². The summed E-state index contributed by atoms with van der Waals surface area (Å²) in [5.74, 6) is 0.0899. The summed E-state index contributed by atoms with van der Waals surface area (Å²) in [7, 11) is 0. The lowest BCUT2D eigenvalue weighted by molar-refractivity contribution is -0.134. The van der Waals surface area contributed by atoms with Crippen LogP contribution in [-0.2, 0) is 20.7 Å². The number of rotatable bonds is 5. The van der Waals surface area contributed by atoms with E-state index in [1.165, 1.54) is 11.3 Å². The molecule has 2 amide bonds. The minimum Gasteiger partial charge on any atom is -0.378 e. The largest absolute Gasteiger partial charge is 0.378 e. The third-order valence-corrected chi connectivity index (χ3v) is 4.85. The molecule has 0 atom stereocenters. The Morgan fingerprint density at radius 3 is 2.64 bits per heavy atom. The van der Waals surface area contributed by atoms with Gasteiger partial charge in [0.2, 0.25) is 11.8 Å². The topological polar surface area (TPSA) is 71.5 Å². The summed E-state index contributed by atoms with van der Waals surface area (Å²) >= 11 is 1.50. The smallest absolute Gasteiger partial charge is 0.229 e. The molecule has 1 fully saturated rings. The molecule has 1 aromatic heterocycles. The van der Waals surface area contributed by atoms with Gasteiger partial charge in [0.25, 0.3) is 0 Å². The number of hydrogen-bond donors (Lipinski definition) is 1. The minimum absolute atomic E-state index is 0.00896. The molecule has 0 radical (unpaired) electrons. The number of nitrogens with zero attached hydrogens (tertiary/aromatic N) is 2. The van der Waals surface area contributed by atoms with Crippen molar-refractivity contribution in [3.8, 4) is 11.3 Å². The summed E-state index contributed by atoms with van der Waals surface area (Å²) in [4.78, 5) is 30.1. The molecule has 0 bridgehead atoms. The lowest BCUT2D eigenvalue weighted by Crippen LogP contribution is -2.41. The summed E-state index contributed by atoms with van der Waals surface area (Å²) in [6.07, 6.45) is 0.781. The number of ether oxygens (including phenoxy) is 1. The molecule has 25 heavy (non-hydrogen) atoms. The Morgan fingerprint density at radius 2 is 1.96 bits per heavy atom. The number of aromatic nitrogens is 1. The average molecular weight is 359 g/mol. The third kappa shape index (κ3) is 4.64. The van der Waals surface area contributed by atoms with Crippen molar-refractivity contribution >= 4 is 28.8 Å². The van der Waals surface area contributed by atoms with Crippen molar-refractivity contribution in [3.05, 3.63) is 34.7 Å². The number of hydrogen-bond acceptors (Lipinski definition) is 5. The van der Waals surface area contributed by atoms with Crippen molar-refractivity contribution in [1.29, 1.82) is 0 Å². The molecule has 0 spiro atoms. The molecule has 1 N–H and O–H groups in total. The van der Waals surface area contributed by atoms with Gasteiger partial charge in [0.15, 0.2) is 0 Å². The van der Waals surface area contributed by atoms with Crippen LogP contribution in [-0.4, -0.2) is 48.0 Å². The fraction of sp³-hybridized carbons (Fsp3) is 0.389. The van der Waals surface area contributed by atoms with Crippen LogP contribution in [0.2, 0.25) is 0 Å². The Bertz CT molecular complexity index is 736. The van der Waals surface area contributed by atoms with E-state index in [2.05, 4.69) is 10.3 Å². The highest BCUT2D eigenvalue weighted by Gasteiger charge is 2.18. The summed E-state index contributed by atoms with van der Waals surface area (Å²) in [6, 6.07) is 7.57. The lowest BCUT2D eigenvalue weighted by Gasteiger charge is -2.26. The van der Waals surface area contributed by atoms with Gasteiger partial charge in [0, 0.05) is 36.1 Å². The predicted octanol–water partition coefficient (Wildman–Crippen LogP) is 2.56. The van der Waals surface area contributed by atoms with Gasteiger partial charge in [-0.2, -0.15) is 0 Å². The summed E-state index contributed by atoms with van der Waals surface area (Å²) < 4.78 is 5.27. The van der Waals surface area contributed by atoms with E-state index in [9.17, 15) is 9.59 Å². The molecule has 2 heterocycles. The highest BCUT2D eigenvalue weighted by atomic mass is 32.1. The van der Waals surface area contributed by atoms with Crippen molar-refractivity contribution in [3.63, 3.8) is 0 Å². The van der Waals surface area contributed by atoms with Crippen LogP contribution in [0.1, 0.15) is 18.4 Å². The summed E-state index contributed by atoms with van der Waals surface area (Å²) in [5, 5.41) is 5.60. The molecular formula is C18H21N3O3S. The van der Waals surface area contributed by atoms with Crippen molar-refractivity contribution < 1.29 is 14.3 Å². The first-order valence-corrected chi connectivity index (χ1v) is 9.24. The molecule has 1 aliphatic rings. The van der Waals surface area contributed by atoms with E-state index in [1.807, 2.05) is 41.5 Å². The highest BCUT2D eigenvalue weighted by Crippen LogP contribution is 2.24. The molecule has 1 aliphatic heterocycles. The second-order valence-electron chi connectivity index (χ2n) is 5.78. The average Bonchev–Trinajstić information content (AvgIpc) is 3.11. The molecule has 6 nitrogen and oxygen atoms in total. The van der Waals surface area contributed by atoms with Gasteiger partial charge in [-0.25, -0.2) is 4.98 Å². The maximum Gasteiger partial charge on any atom is 0.229 e. The molecule has 1 saturated heterocycles. The number of nitrogens with one attached hydrogen (secondary N) is 1.